The Balaban J connectivity index is 0.00000120. The highest BCUT2D eigenvalue weighted by Crippen LogP contribution is 2.11. The summed E-state index contributed by atoms with van der Waals surface area (Å²) < 4.78 is 0. The van der Waals surface area contributed by atoms with Gasteiger partial charge >= 0.3 is 0 Å². The normalized spacial score (nSPS) is 9.88. The molecule has 4 heteroatoms. The average molecular weight is 222 g/mol. The Morgan fingerprint density at radius 2 is 1.94 bits per heavy atom. The Kier molecular flexibility index (Phi) is 2.28. The number of nitrogens with zero attached hydrogens (tertiary/aromatic N) is 3. The van der Waals surface area contributed by atoms with Crippen molar-refractivity contribution in [3.63, 3.8) is 0 Å². The molecule has 0 saturated heterocycles. The van der Waals surface area contributed by atoms with E-state index in [0.717, 1.165) is 16.6 Å². The topological polar surface area (TPSA) is 54.5 Å². The summed E-state index contributed by atoms with van der Waals surface area (Å²) in [6.07, 6.45) is 5.15. The molecule has 0 atom stereocenters. The average Bonchev–Trinajstić information content (AvgIpc) is 2.81. The number of aromatic amines is 1. The molecular weight excluding hydrogens is 212 g/mol. The summed E-state index contributed by atoms with van der Waals surface area (Å²) in [5, 5.41) is 7.90. The van der Waals surface area contributed by atoms with Crippen LogP contribution in [-0.4, -0.2) is 20.2 Å². The van der Waals surface area contributed by atoms with Gasteiger partial charge in [-0.2, -0.15) is 5.10 Å². The van der Waals surface area contributed by atoms with E-state index in [-0.39, 0.29) is 1.43 Å². The van der Waals surface area contributed by atoms with Crippen LogP contribution in [0.1, 0.15) is 12.7 Å². The lowest BCUT2D eigenvalue weighted by molar-refractivity contribution is 1.08. The van der Waals surface area contributed by atoms with Crippen LogP contribution in [0.2, 0.25) is 0 Å². The van der Waals surface area contributed by atoms with E-state index in [9.17, 15) is 0 Å². The second-order valence-corrected chi connectivity index (χ2v) is 3.46. The summed E-state index contributed by atoms with van der Waals surface area (Å²) in [4.78, 5) is 8.08. The number of aromatic nitrogens is 4. The number of nitrogens with one attached hydrogen (secondary N) is 1. The summed E-state index contributed by atoms with van der Waals surface area (Å²) in [7, 11) is 0. The van der Waals surface area contributed by atoms with Crippen LogP contribution in [0.15, 0.2) is 42.9 Å². The third kappa shape index (κ3) is 1.86. The number of hydrogen-bond acceptors (Lipinski definition) is 3. The standard InChI is InChI=1S/C13H8N4.H2/c1-2-11-12(16-17-13(11)15-7-1)4-3-10-5-8-14-9-6-10;/h1-2,5-9H,(H,15,16,17);1H. The zero-order chi connectivity index (χ0) is 11.5. The second kappa shape index (κ2) is 4.06. The van der Waals surface area contributed by atoms with Gasteiger partial charge in [0.1, 0.15) is 5.69 Å². The van der Waals surface area contributed by atoms with Crippen LogP contribution in [0.4, 0.5) is 0 Å². The van der Waals surface area contributed by atoms with E-state index < -0.39 is 0 Å². The molecule has 3 aromatic heterocycles. The molecule has 0 aliphatic rings. The van der Waals surface area contributed by atoms with Gasteiger partial charge in [0, 0.05) is 25.6 Å². The minimum atomic E-state index is 0. The molecule has 0 unspecified atom stereocenters. The van der Waals surface area contributed by atoms with Crippen LogP contribution in [-0.2, 0) is 0 Å². The van der Waals surface area contributed by atoms with E-state index in [1.165, 1.54) is 0 Å². The quantitative estimate of drug-likeness (QED) is 0.592. The minimum absolute atomic E-state index is 0. The number of rotatable bonds is 0. The Labute approximate surface area is 99.2 Å². The van der Waals surface area contributed by atoms with Crippen LogP contribution < -0.4 is 0 Å². The molecule has 0 fully saturated rings. The lowest BCUT2D eigenvalue weighted by Crippen LogP contribution is -1.77. The number of fused-ring (bicyclic) bond motifs is 1. The molecule has 0 amide bonds. The molecule has 0 bridgehead atoms. The van der Waals surface area contributed by atoms with E-state index in [1.54, 1.807) is 18.6 Å². The highest BCUT2D eigenvalue weighted by Gasteiger charge is 2.01. The molecular formula is C13H10N4. The Morgan fingerprint density at radius 3 is 2.82 bits per heavy atom. The number of H-pyrrole nitrogens is 1. The van der Waals surface area contributed by atoms with Gasteiger partial charge in [-0.25, -0.2) is 4.98 Å². The van der Waals surface area contributed by atoms with Crippen molar-refractivity contribution in [3.8, 4) is 11.8 Å². The third-order valence-corrected chi connectivity index (χ3v) is 2.34. The molecule has 0 saturated carbocycles. The fourth-order valence-electron chi connectivity index (χ4n) is 1.52. The summed E-state index contributed by atoms with van der Waals surface area (Å²) in [5.74, 6) is 6.10. The second-order valence-electron chi connectivity index (χ2n) is 3.46. The van der Waals surface area contributed by atoms with Gasteiger partial charge in [0.25, 0.3) is 0 Å². The summed E-state index contributed by atoms with van der Waals surface area (Å²) in [6, 6.07) is 7.55. The highest BCUT2D eigenvalue weighted by molar-refractivity contribution is 5.80. The third-order valence-electron chi connectivity index (χ3n) is 2.34. The molecule has 82 valence electrons. The molecule has 3 rings (SSSR count). The first-order valence-electron chi connectivity index (χ1n) is 5.14. The largest absolute Gasteiger partial charge is 0.267 e. The number of hydrogen-bond donors (Lipinski definition) is 1. The van der Waals surface area contributed by atoms with Gasteiger partial charge < -0.3 is 0 Å². The lowest BCUT2D eigenvalue weighted by Gasteiger charge is -1.87. The monoisotopic (exact) mass is 222 g/mol. The molecule has 0 aliphatic carbocycles. The zero-order valence-electron chi connectivity index (χ0n) is 8.88. The van der Waals surface area contributed by atoms with Gasteiger partial charge in [-0.15, -0.1) is 0 Å². The summed E-state index contributed by atoms with van der Waals surface area (Å²) in [5.41, 5.74) is 2.39. The summed E-state index contributed by atoms with van der Waals surface area (Å²) in [6.45, 7) is 0. The zero-order valence-corrected chi connectivity index (χ0v) is 8.88. The predicted molar refractivity (Wildman–Crippen MR) is 66.2 cm³/mol. The van der Waals surface area contributed by atoms with Crippen LogP contribution in [0.25, 0.3) is 11.0 Å². The maximum atomic E-state index is 4.14. The van der Waals surface area contributed by atoms with Crippen LogP contribution in [0.5, 0.6) is 0 Å². The summed E-state index contributed by atoms with van der Waals surface area (Å²) >= 11 is 0. The highest BCUT2D eigenvalue weighted by atomic mass is 15.1. The van der Waals surface area contributed by atoms with E-state index in [0.29, 0.717) is 5.65 Å². The van der Waals surface area contributed by atoms with Crippen molar-refractivity contribution >= 4 is 11.0 Å². The van der Waals surface area contributed by atoms with Crippen LogP contribution >= 0.6 is 0 Å². The Morgan fingerprint density at radius 1 is 1.06 bits per heavy atom. The fourth-order valence-corrected chi connectivity index (χ4v) is 1.52. The Hall–Kier alpha value is -2.67. The van der Waals surface area contributed by atoms with E-state index in [1.807, 2.05) is 24.3 Å². The first-order chi connectivity index (χ1) is 8.43. The molecule has 0 aromatic carbocycles. The predicted octanol–water partition coefficient (Wildman–Crippen LogP) is 2.00. The van der Waals surface area contributed by atoms with Crippen molar-refractivity contribution in [2.24, 2.45) is 0 Å². The van der Waals surface area contributed by atoms with E-state index in [4.69, 9.17) is 0 Å². The number of pyridine rings is 2. The van der Waals surface area contributed by atoms with E-state index in [2.05, 4.69) is 32.0 Å². The molecule has 1 N–H and O–H groups in total. The van der Waals surface area contributed by atoms with Crippen molar-refractivity contribution in [1.82, 2.24) is 20.2 Å². The molecule has 3 aromatic rings. The smallest absolute Gasteiger partial charge is 0.182 e. The van der Waals surface area contributed by atoms with E-state index >= 15 is 0 Å². The minimum Gasteiger partial charge on any atom is -0.267 e. The SMILES string of the molecule is C(#Cc1[nH]nc2ncccc12)c1ccncc1.[HH]. The molecule has 17 heavy (non-hydrogen) atoms. The van der Waals surface area contributed by atoms with Crippen molar-refractivity contribution in [1.29, 1.82) is 0 Å². The molecule has 0 spiro atoms. The van der Waals surface area contributed by atoms with Crippen molar-refractivity contribution in [3.05, 3.63) is 54.1 Å². The Bertz CT molecular complexity index is 710. The molecule has 3 heterocycles. The maximum absolute atomic E-state index is 4.14. The molecule has 0 radical (unpaired) electrons. The van der Waals surface area contributed by atoms with Gasteiger partial charge in [-0.3, -0.25) is 10.1 Å². The molecule has 4 nitrogen and oxygen atoms in total. The fraction of sp³-hybridized carbons (Fsp3) is 0. The van der Waals surface area contributed by atoms with Gasteiger partial charge in [0.2, 0.25) is 0 Å². The van der Waals surface area contributed by atoms with Gasteiger partial charge in [0.05, 0.1) is 5.39 Å². The first-order valence-corrected chi connectivity index (χ1v) is 5.14. The maximum Gasteiger partial charge on any atom is 0.182 e. The van der Waals surface area contributed by atoms with Gasteiger partial charge in [0.15, 0.2) is 5.65 Å². The van der Waals surface area contributed by atoms with Crippen LogP contribution in [0, 0.1) is 11.8 Å². The first kappa shape index (κ1) is 9.55. The molecule has 0 aliphatic heterocycles. The van der Waals surface area contributed by atoms with Crippen molar-refractivity contribution < 1.29 is 1.43 Å². The van der Waals surface area contributed by atoms with Gasteiger partial charge in [-0.05, 0) is 30.2 Å². The van der Waals surface area contributed by atoms with Gasteiger partial charge in [-0.1, -0.05) is 5.92 Å². The van der Waals surface area contributed by atoms with Crippen LogP contribution in [0.3, 0.4) is 0 Å². The van der Waals surface area contributed by atoms with Crippen molar-refractivity contribution in [2.75, 3.05) is 0 Å². The lowest BCUT2D eigenvalue weighted by atomic mass is 10.2. The van der Waals surface area contributed by atoms with Crippen molar-refractivity contribution in [2.45, 2.75) is 0 Å².